The number of thiol groups is 1. The molecule has 2 fully saturated rings. The SMILES string of the molecule is OCCN1CCC(CN2CC[C@@H](S)C2)CC1. The van der Waals surface area contributed by atoms with Crippen molar-refractivity contribution in [3.05, 3.63) is 0 Å². The second-order valence-electron chi connectivity index (χ2n) is 5.21. The van der Waals surface area contributed by atoms with E-state index < -0.39 is 0 Å². The minimum atomic E-state index is 0.304. The summed E-state index contributed by atoms with van der Waals surface area (Å²) in [6.07, 6.45) is 3.86. The molecule has 0 bridgehead atoms. The smallest absolute Gasteiger partial charge is 0.0558 e. The molecule has 0 aromatic carbocycles. The predicted octanol–water partition coefficient (Wildman–Crippen LogP) is 0.695. The predicted molar refractivity (Wildman–Crippen MR) is 70.1 cm³/mol. The number of aliphatic hydroxyl groups is 1. The van der Waals surface area contributed by atoms with Gasteiger partial charge in [-0.25, -0.2) is 0 Å². The van der Waals surface area contributed by atoms with E-state index in [1.165, 1.54) is 52.0 Å². The highest BCUT2D eigenvalue weighted by atomic mass is 32.1. The van der Waals surface area contributed by atoms with Crippen LogP contribution in [0.2, 0.25) is 0 Å². The maximum atomic E-state index is 8.88. The lowest BCUT2D eigenvalue weighted by Gasteiger charge is -2.33. The molecule has 0 aromatic rings. The number of rotatable bonds is 4. The van der Waals surface area contributed by atoms with Crippen LogP contribution in [-0.2, 0) is 0 Å². The van der Waals surface area contributed by atoms with Crippen molar-refractivity contribution >= 4 is 12.6 Å². The molecule has 16 heavy (non-hydrogen) atoms. The van der Waals surface area contributed by atoms with Crippen molar-refractivity contribution in [2.45, 2.75) is 24.5 Å². The van der Waals surface area contributed by atoms with E-state index in [2.05, 4.69) is 22.4 Å². The molecule has 3 nitrogen and oxygen atoms in total. The zero-order valence-corrected chi connectivity index (χ0v) is 10.9. The number of nitrogens with zero attached hydrogens (tertiary/aromatic N) is 2. The summed E-state index contributed by atoms with van der Waals surface area (Å²) in [6.45, 7) is 7.19. The number of aliphatic hydroxyl groups excluding tert-OH is 1. The highest BCUT2D eigenvalue weighted by Gasteiger charge is 2.24. The quantitative estimate of drug-likeness (QED) is 0.713. The molecular formula is C12H24N2OS. The molecule has 0 unspecified atom stereocenters. The van der Waals surface area contributed by atoms with E-state index in [0.29, 0.717) is 11.9 Å². The second-order valence-corrected chi connectivity index (χ2v) is 5.94. The van der Waals surface area contributed by atoms with Crippen molar-refractivity contribution in [2.75, 3.05) is 45.9 Å². The van der Waals surface area contributed by atoms with Crippen molar-refractivity contribution < 1.29 is 5.11 Å². The third kappa shape index (κ3) is 3.62. The standard InChI is InChI=1S/C12H24N2OS/c15-8-7-13-4-1-11(2-5-13)9-14-6-3-12(16)10-14/h11-12,15-16H,1-10H2/t12-/m1/s1. The van der Waals surface area contributed by atoms with E-state index in [1.807, 2.05) is 0 Å². The van der Waals surface area contributed by atoms with Crippen LogP contribution >= 0.6 is 12.6 Å². The highest BCUT2D eigenvalue weighted by Crippen LogP contribution is 2.21. The van der Waals surface area contributed by atoms with Crippen LogP contribution in [0.25, 0.3) is 0 Å². The topological polar surface area (TPSA) is 26.7 Å². The largest absolute Gasteiger partial charge is 0.395 e. The van der Waals surface area contributed by atoms with Gasteiger partial charge in [0, 0.05) is 24.9 Å². The number of piperidine rings is 1. The van der Waals surface area contributed by atoms with Gasteiger partial charge in [0.1, 0.15) is 0 Å². The average Bonchev–Trinajstić information content (AvgIpc) is 2.67. The Hall–Kier alpha value is 0.230. The number of β-amino-alcohol motifs (C(OH)–C–C–N with tert-alkyl or cyclic N) is 1. The molecule has 2 aliphatic heterocycles. The lowest BCUT2D eigenvalue weighted by molar-refractivity contribution is 0.130. The summed E-state index contributed by atoms with van der Waals surface area (Å²) in [5.74, 6) is 0.869. The van der Waals surface area contributed by atoms with E-state index in [4.69, 9.17) is 5.11 Å². The van der Waals surface area contributed by atoms with Crippen LogP contribution in [0.15, 0.2) is 0 Å². The molecular weight excluding hydrogens is 220 g/mol. The molecule has 0 amide bonds. The van der Waals surface area contributed by atoms with Gasteiger partial charge in [-0.1, -0.05) is 0 Å². The molecule has 1 N–H and O–H groups in total. The third-order valence-corrected chi connectivity index (χ3v) is 4.31. The fourth-order valence-corrected chi connectivity index (χ4v) is 3.22. The first-order valence-corrected chi connectivity index (χ1v) is 7.03. The van der Waals surface area contributed by atoms with Crippen LogP contribution in [0.1, 0.15) is 19.3 Å². The molecule has 2 rings (SSSR count). The first-order valence-electron chi connectivity index (χ1n) is 6.51. The fraction of sp³-hybridized carbons (Fsp3) is 1.00. The van der Waals surface area contributed by atoms with Gasteiger partial charge >= 0.3 is 0 Å². The molecule has 94 valence electrons. The van der Waals surface area contributed by atoms with Crippen LogP contribution in [0.4, 0.5) is 0 Å². The van der Waals surface area contributed by atoms with Gasteiger partial charge in [0.05, 0.1) is 6.61 Å². The lowest BCUT2D eigenvalue weighted by Crippen LogP contribution is -2.39. The number of hydrogen-bond acceptors (Lipinski definition) is 4. The Bertz CT molecular complexity index is 207. The summed E-state index contributed by atoms with van der Waals surface area (Å²) in [7, 11) is 0. The number of hydrogen-bond donors (Lipinski definition) is 2. The lowest BCUT2D eigenvalue weighted by atomic mass is 9.96. The molecule has 0 aromatic heterocycles. The zero-order valence-electron chi connectivity index (χ0n) is 10.0. The van der Waals surface area contributed by atoms with E-state index in [0.717, 1.165) is 12.5 Å². The first-order chi connectivity index (χ1) is 7.78. The second kappa shape index (κ2) is 6.24. The van der Waals surface area contributed by atoms with E-state index in [1.54, 1.807) is 0 Å². The minimum absolute atomic E-state index is 0.304. The van der Waals surface area contributed by atoms with Crippen LogP contribution in [-0.4, -0.2) is 66.0 Å². The van der Waals surface area contributed by atoms with Crippen LogP contribution in [0.5, 0.6) is 0 Å². The Morgan fingerprint density at radius 2 is 1.75 bits per heavy atom. The molecule has 0 spiro atoms. The van der Waals surface area contributed by atoms with Gasteiger partial charge in [-0.2, -0.15) is 12.6 Å². The molecule has 0 radical (unpaired) electrons. The third-order valence-electron chi connectivity index (χ3n) is 3.89. The average molecular weight is 244 g/mol. The summed E-state index contributed by atoms with van der Waals surface area (Å²) >= 11 is 4.53. The van der Waals surface area contributed by atoms with Crippen molar-refractivity contribution in [1.29, 1.82) is 0 Å². The van der Waals surface area contributed by atoms with Crippen molar-refractivity contribution in [3.63, 3.8) is 0 Å². The Balaban J connectivity index is 1.65. The van der Waals surface area contributed by atoms with Crippen molar-refractivity contribution in [1.82, 2.24) is 9.80 Å². The summed E-state index contributed by atoms with van der Waals surface area (Å²) in [4.78, 5) is 4.95. The van der Waals surface area contributed by atoms with Crippen molar-refractivity contribution in [2.24, 2.45) is 5.92 Å². The minimum Gasteiger partial charge on any atom is -0.395 e. The van der Waals surface area contributed by atoms with Crippen LogP contribution < -0.4 is 0 Å². The summed E-state index contributed by atoms with van der Waals surface area (Å²) < 4.78 is 0. The van der Waals surface area contributed by atoms with Gasteiger partial charge in [0.25, 0.3) is 0 Å². The van der Waals surface area contributed by atoms with E-state index >= 15 is 0 Å². The van der Waals surface area contributed by atoms with Gasteiger partial charge in [0.2, 0.25) is 0 Å². The molecule has 0 aliphatic carbocycles. The summed E-state index contributed by atoms with van der Waals surface area (Å²) in [5.41, 5.74) is 0. The Labute approximate surface area is 104 Å². The monoisotopic (exact) mass is 244 g/mol. The fourth-order valence-electron chi connectivity index (χ4n) is 2.88. The summed E-state index contributed by atoms with van der Waals surface area (Å²) in [5, 5.41) is 9.49. The molecule has 0 saturated carbocycles. The summed E-state index contributed by atoms with van der Waals surface area (Å²) in [6, 6.07) is 0. The van der Waals surface area contributed by atoms with Gasteiger partial charge in [-0.05, 0) is 44.8 Å². The first kappa shape index (κ1) is 12.7. The maximum Gasteiger partial charge on any atom is 0.0558 e. The van der Waals surface area contributed by atoms with Crippen LogP contribution in [0, 0.1) is 5.92 Å². The molecule has 2 aliphatic rings. The molecule has 2 saturated heterocycles. The molecule has 2 heterocycles. The van der Waals surface area contributed by atoms with Gasteiger partial charge in [-0.3, -0.25) is 0 Å². The van der Waals surface area contributed by atoms with E-state index in [9.17, 15) is 0 Å². The Morgan fingerprint density at radius 1 is 1.06 bits per heavy atom. The highest BCUT2D eigenvalue weighted by molar-refractivity contribution is 7.81. The zero-order chi connectivity index (χ0) is 11.4. The number of likely N-dealkylation sites (tertiary alicyclic amines) is 2. The van der Waals surface area contributed by atoms with Crippen molar-refractivity contribution in [3.8, 4) is 0 Å². The maximum absolute atomic E-state index is 8.88. The Kier molecular flexibility index (Phi) is 4.95. The van der Waals surface area contributed by atoms with E-state index in [-0.39, 0.29) is 0 Å². The van der Waals surface area contributed by atoms with Gasteiger partial charge in [0.15, 0.2) is 0 Å². The Morgan fingerprint density at radius 3 is 2.31 bits per heavy atom. The normalized spacial score (nSPS) is 30.0. The van der Waals surface area contributed by atoms with Gasteiger partial charge in [-0.15, -0.1) is 0 Å². The molecule has 1 atom stereocenters. The van der Waals surface area contributed by atoms with Crippen LogP contribution in [0.3, 0.4) is 0 Å². The molecule has 4 heteroatoms. The van der Waals surface area contributed by atoms with Gasteiger partial charge < -0.3 is 14.9 Å².